The monoisotopic (exact) mass is 308 g/mol. The number of hydrogen-bond donors (Lipinski definition) is 1. The quantitative estimate of drug-likeness (QED) is 0.925. The van der Waals surface area contributed by atoms with E-state index in [1.54, 1.807) is 0 Å². The molecule has 1 aliphatic heterocycles. The molecule has 1 N–H and O–H groups in total. The summed E-state index contributed by atoms with van der Waals surface area (Å²) in [6, 6.07) is 10.4. The zero-order valence-electron chi connectivity index (χ0n) is 10.4. The van der Waals surface area contributed by atoms with Crippen LogP contribution in [0.25, 0.3) is 0 Å². The highest BCUT2D eigenvalue weighted by Gasteiger charge is 2.36. The molecule has 1 heterocycles. The van der Waals surface area contributed by atoms with Crippen molar-refractivity contribution in [2.24, 2.45) is 0 Å². The van der Waals surface area contributed by atoms with Crippen molar-refractivity contribution < 1.29 is 4.74 Å². The van der Waals surface area contributed by atoms with Gasteiger partial charge in [-0.3, -0.25) is 0 Å². The first kappa shape index (κ1) is 13.4. The van der Waals surface area contributed by atoms with E-state index in [1.807, 2.05) is 24.3 Å². The Labute approximate surface area is 116 Å². The van der Waals surface area contributed by atoms with E-state index in [9.17, 15) is 5.26 Å². The van der Waals surface area contributed by atoms with Crippen LogP contribution in [0.2, 0.25) is 0 Å². The van der Waals surface area contributed by atoms with E-state index in [0.29, 0.717) is 6.61 Å². The van der Waals surface area contributed by atoms with Crippen LogP contribution in [0, 0.1) is 11.3 Å². The van der Waals surface area contributed by atoms with Gasteiger partial charge in [0.25, 0.3) is 0 Å². The van der Waals surface area contributed by atoms with Crippen LogP contribution in [0.5, 0.6) is 0 Å². The number of benzene rings is 1. The molecule has 0 saturated carbocycles. The summed E-state index contributed by atoms with van der Waals surface area (Å²) in [5.41, 5.74) is 0.490. The van der Waals surface area contributed by atoms with Gasteiger partial charge in [0.1, 0.15) is 5.54 Å². The number of nitrogens with one attached hydrogen (secondary N) is 1. The molecule has 2 rings (SSSR count). The minimum atomic E-state index is -0.493. The molecule has 1 aromatic carbocycles. The van der Waals surface area contributed by atoms with Crippen molar-refractivity contribution >= 4 is 21.6 Å². The highest BCUT2D eigenvalue weighted by atomic mass is 79.9. The first-order valence-electron chi connectivity index (χ1n) is 6.24. The highest BCUT2D eigenvalue weighted by molar-refractivity contribution is 9.10. The number of anilines is 1. The summed E-state index contributed by atoms with van der Waals surface area (Å²) in [7, 11) is 0. The fraction of sp³-hybridized carbons (Fsp3) is 0.500. The Morgan fingerprint density at radius 2 is 2.22 bits per heavy atom. The first-order valence-corrected chi connectivity index (χ1v) is 7.03. The lowest BCUT2D eigenvalue weighted by Gasteiger charge is -2.36. The van der Waals surface area contributed by atoms with E-state index in [-0.39, 0.29) is 6.10 Å². The van der Waals surface area contributed by atoms with Crippen molar-refractivity contribution in [3.8, 4) is 6.07 Å². The summed E-state index contributed by atoms with van der Waals surface area (Å²) in [5, 5.41) is 12.9. The molecule has 1 fully saturated rings. The largest absolute Gasteiger partial charge is 0.378 e. The Bertz CT molecular complexity index is 440. The van der Waals surface area contributed by atoms with Gasteiger partial charge in [-0.2, -0.15) is 5.26 Å². The average molecular weight is 309 g/mol. The van der Waals surface area contributed by atoms with E-state index in [4.69, 9.17) is 4.74 Å². The van der Waals surface area contributed by atoms with Gasteiger partial charge in [0.15, 0.2) is 0 Å². The van der Waals surface area contributed by atoms with Gasteiger partial charge < -0.3 is 10.1 Å². The molecule has 1 aliphatic rings. The molecular weight excluding hydrogens is 292 g/mol. The standard InChI is InChI=1S/C14H17BrN2O/c1-2-13-9-14(10-16,7-8-18-13)17-12-5-3-11(15)4-6-12/h3-6,13,17H,2,7-9H2,1H3. The lowest BCUT2D eigenvalue weighted by atomic mass is 9.87. The van der Waals surface area contributed by atoms with Gasteiger partial charge in [0.2, 0.25) is 0 Å². The molecule has 2 unspecified atom stereocenters. The SMILES string of the molecule is CCC1CC(C#N)(Nc2ccc(Br)cc2)CCO1. The first-order chi connectivity index (χ1) is 8.67. The van der Waals surface area contributed by atoms with Crippen molar-refractivity contribution in [2.75, 3.05) is 11.9 Å². The molecule has 0 bridgehead atoms. The second-order valence-electron chi connectivity index (χ2n) is 4.68. The van der Waals surface area contributed by atoms with Crippen LogP contribution < -0.4 is 5.32 Å². The normalized spacial score (nSPS) is 27.5. The molecule has 0 aliphatic carbocycles. The van der Waals surface area contributed by atoms with Crippen molar-refractivity contribution in [3.63, 3.8) is 0 Å². The summed E-state index contributed by atoms with van der Waals surface area (Å²) >= 11 is 3.41. The van der Waals surface area contributed by atoms with Gasteiger partial charge in [-0.25, -0.2) is 0 Å². The third kappa shape index (κ3) is 3.04. The van der Waals surface area contributed by atoms with Crippen LogP contribution in [-0.2, 0) is 4.74 Å². The van der Waals surface area contributed by atoms with Gasteiger partial charge in [-0.15, -0.1) is 0 Å². The van der Waals surface area contributed by atoms with Crippen LogP contribution in [0.4, 0.5) is 5.69 Å². The summed E-state index contributed by atoms with van der Waals surface area (Å²) in [5.74, 6) is 0. The molecule has 18 heavy (non-hydrogen) atoms. The number of halogens is 1. The van der Waals surface area contributed by atoms with Gasteiger partial charge in [-0.1, -0.05) is 22.9 Å². The van der Waals surface area contributed by atoms with Gasteiger partial charge in [-0.05, 0) is 30.7 Å². The van der Waals surface area contributed by atoms with Gasteiger partial charge in [0, 0.05) is 23.0 Å². The zero-order valence-corrected chi connectivity index (χ0v) is 12.0. The summed E-state index contributed by atoms with van der Waals surface area (Å²) < 4.78 is 6.68. The highest BCUT2D eigenvalue weighted by Crippen LogP contribution is 2.30. The Hall–Kier alpha value is -1.05. The smallest absolute Gasteiger partial charge is 0.130 e. The number of nitrogens with zero attached hydrogens (tertiary/aromatic N) is 1. The lowest BCUT2D eigenvalue weighted by Crippen LogP contribution is -2.45. The van der Waals surface area contributed by atoms with Crippen molar-refractivity contribution in [3.05, 3.63) is 28.7 Å². The zero-order chi connectivity index (χ0) is 13.0. The van der Waals surface area contributed by atoms with Crippen molar-refractivity contribution in [1.82, 2.24) is 0 Å². The Morgan fingerprint density at radius 3 is 2.83 bits per heavy atom. The maximum absolute atomic E-state index is 9.49. The maximum Gasteiger partial charge on any atom is 0.130 e. The van der Waals surface area contributed by atoms with E-state index in [1.165, 1.54) is 0 Å². The minimum absolute atomic E-state index is 0.182. The molecule has 96 valence electrons. The van der Waals surface area contributed by atoms with Crippen molar-refractivity contribution in [2.45, 2.75) is 37.8 Å². The fourth-order valence-corrected chi connectivity index (χ4v) is 2.53. The van der Waals surface area contributed by atoms with E-state index in [0.717, 1.165) is 29.4 Å². The third-order valence-electron chi connectivity index (χ3n) is 3.36. The molecule has 0 aromatic heterocycles. The topological polar surface area (TPSA) is 45.0 Å². The van der Waals surface area contributed by atoms with Gasteiger partial charge in [0.05, 0.1) is 18.8 Å². The predicted molar refractivity (Wildman–Crippen MR) is 75.4 cm³/mol. The van der Waals surface area contributed by atoms with Crippen LogP contribution in [-0.4, -0.2) is 18.2 Å². The molecule has 4 heteroatoms. The Balaban J connectivity index is 2.13. The summed E-state index contributed by atoms with van der Waals surface area (Å²) in [6.45, 7) is 2.74. The van der Waals surface area contributed by atoms with Crippen LogP contribution >= 0.6 is 15.9 Å². The fourth-order valence-electron chi connectivity index (χ4n) is 2.26. The van der Waals surface area contributed by atoms with Crippen LogP contribution in [0.15, 0.2) is 28.7 Å². The Morgan fingerprint density at radius 1 is 1.50 bits per heavy atom. The maximum atomic E-state index is 9.49. The van der Waals surface area contributed by atoms with Crippen LogP contribution in [0.1, 0.15) is 26.2 Å². The second-order valence-corrected chi connectivity index (χ2v) is 5.60. The van der Waals surface area contributed by atoms with E-state index >= 15 is 0 Å². The molecule has 3 nitrogen and oxygen atoms in total. The molecule has 0 amide bonds. The molecule has 1 aromatic rings. The molecular formula is C14H17BrN2O. The summed E-state index contributed by atoms with van der Waals surface area (Å²) in [6.07, 6.45) is 2.61. The number of ether oxygens (including phenoxy) is 1. The number of rotatable bonds is 3. The van der Waals surface area contributed by atoms with Crippen molar-refractivity contribution in [1.29, 1.82) is 5.26 Å². The third-order valence-corrected chi connectivity index (χ3v) is 3.88. The second kappa shape index (κ2) is 5.73. The molecule has 0 radical (unpaired) electrons. The number of hydrogen-bond acceptors (Lipinski definition) is 3. The minimum Gasteiger partial charge on any atom is -0.378 e. The molecule has 1 saturated heterocycles. The van der Waals surface area contributed by atoms with Gasteiger partial charge >= 0.3 is 0 Å². The lowest BCUT2D eigenvalue weighted by molar-refractivity contribution is -0.00304. The van der Waals surface area contributed by atoms with E-state index in [2.05, 4.69) is 34.2 Å². The Kier molecular flexibility index (Phi) is 4.26. The number of nitriles is 1. The predicted octanol–water partition coefficient (Wildman–Crippen LogP) is 3.71. The van der Waals surface area contributed by atoms with E-state index < -0.39 is 5.54 Å². The molecule has 2 atom stereocenters. The summed E-state index contributed by atoms with van der Waals surface area (Å²) in [4.78, 5) is 0. The molecule has 0 spiro atoms. The van der Waals surface area contributed by atoms with Crippen LogP contribution in [0.3, 0.4) is 0 Å². The average Bonchev–Trinajstić information content (AvgIpc) is 2.42.